The molecule has 1 aliphatic heterocycles. The molecule has 5 heteroatoms. The van der Waals surface area contributed by atoms with E-state index in [0.717, 1.165) is 17.3 Å². The fraction of sp³-hybridized carbons (Fsp3) is 0.545. The van der Waals surface area contributed by atoms with Crippen molar-refractivity contribution < 1.29 is 4.79 Å². The van der Waals surface area contributed by atoms with Gasteiger partial charge in [0.2, 0.25) is 5.91 Å². The van der Waals surface area contributed by atoms with Crippen LogP contribution in [-0.2, 0) is 4.79 Å². The Morgan fingerprint density at radius 2 is 2.25 bits per heavy atom. The van der Waals surface area contributed by atoms with Crippen molar-refractivity contribution in [3.05, 3.63) is 20.8 Å². The topological polar surface area (TPSA) is 46.3 Å². The van der Waals surface area contributed by atoms with E-state index in [1.165, 1.54) is 4.88 Å². The Bertz CT molecular complexity index is 429. The van der Waals surface area contributed by atoms with Crippen LogP contribution in [0.1, 0.15) is 30.2 Å². The molecule has 1 aromatic heterocycles. The molecule has 0 radical (unpaired) electrons. The van der Waals surface area contributed by atoms with Gasteiger partial charge in [-0.1, -0.05) is 0 Å². The number of nitrogens with two attached hydrogens (primary N) is 1. The number of thiophene rings is 1. The van der Waals surface area contributed by atoms with E-state index in [-0.39, 0.29) is 18.0 Å². The summed E-state index contributed by atoms with van der Waals surface area (Å²) in [6.07, 6.45) is 2.77. The molecule has 2 unspecified atom stereocenters. The number of amides is 1. The van der Waals surface area contributed by atoms with E-state index in [0.29, 0.717) is 12.5 Å². The van der Waals surface area contributed by atoms with Gasteiger partial charge in [0.25, 0.3) is 0 Å². The number of likely N-dealkylation sites (tertiary alicyclic amines) is 1. The summed E-state index contributed by atoms with van der Waals surface area (Å²) >= 11 is 5.22. The van der Waals surface area contributed by atoms with E-state index in [4.69, 9.17) is 5.73 Å². The Labute approximate surface area is 107 Å². The Morgan fingerprint density at radius 1 is 1.50 bits per heavy atom. The highest BCUT2D eigenvalue weighted by Crippen LogP contribution is 2.44. The van der Waals surface area contributed by atoms with Crippen molar-refractivity contribution in [1.82, 2.24) is 4.90 Å². The van der Waals surface area contributed by atoms with Crippen LogP contribution in [0, 0.1) is 0 Å². The van der Waals surface area contributed by atoms with E-state index in [1.807, 2.05) is 16.3 Å². The lowest BCUT2D eigenvalue weighted by Crippen LogP contribution is -2.34. The Kier molecular flexibility index (Phi) is 2.57. The summed E-state index contributed by atoms with van der Waals surface area (Å²) < 4.78 is 1.08. The van der Waals surface area contributed by atoms with E-state index in [1.54, 1.807) is 11.3 Å². The first-order chi connectivity index (χ1) is 7.68. The summed E-state index contributed by atoms with van der Waals surface area (Å²) in [5.74, 6) is 0.223. The molecule has 0 spiro atoms. The number of rotatable bonds is 2. The molecule has 2 N–H and O–H groups in total. The van der Waals surface area contributed by atoms with Gasteiger partial charge in [0.15, 0.2) is 0 Å². The zero-order chi connectivity index (χ0) is 11.3. The maximum atomic E-state index is 11.9. The van der Waals surface area contributed by atoms with Crippen LogP contribution in [0.4, 0.5) is 0 Å². The summed E-state index contributed by atoms with van der Waals surface area (Å²) in [6.45, 7) is 0. The molecule has 1 aromatic rings. The van der Waals surface area contributed by atoms with Crippen LogP contribution in [0.3, 0.4) is 0 Å². The third kappa shape index (κ3) is 1.61. The molecular weight excluding hydrogens is 288 g/mol. The minimum Gasteiger partial charge on any atom is -0.330 e. The lowest BCUT2D eigenvalue weighted by atomic mass is 10.1. The zero-order valence-corrected chi connectivity index (χ0v) is 11.1. The average molecular weight is 301 g/mol. The fourth-order valence-electron chi connectivity index (χ4n) is 2.40. The third-order valence-electron chi connectivity index (χ3n) is 3.26. The van der Waals surface area contributed by atoms with Crippen molar-refractivity contribution in [3.8, 4) is 0 Å². The number of hydrogen-bond donors (Lipinski definition) is 1. The molecule has 1 saturated carbocycles. The minimum atomic E-state index is -0.0527. The highest BCUT2D eigenvalue weighted by molar-refractivity contribution is 9.10. The maximum Gasteiger partial charge on any atom is 0.225 e. The molecule has 1 saturated heterocycles. The second-order valence-corrected chi connectivity index (χ2v) is 6.28. The number of nitrogens with zero attached hydrogens (tertiary/aromatic N) is 1. The van der Waals surface area contributed by atoms with Gasteiger partial charge in [0, 0.05) is 27.9 Å². The first-order valence-corrected chi connectivity index (χ1v) is 7.15. The van der Waals surface area contributed by atoms with Gasteiger partial charge in [-0.3, -0.25) is 4.79 Å². The van der Waals surface area contributed by atoms with Crippen molar-refractivity contribution in [3.63, 3.8) is 0 Å². The molecule has 86 valence electrons. The highest BCUT2D eigenvalue weighted by atomic mass is 79.9. The minimum absolute atomic E-state index is 0.0527. The van der Waals surface area contributed by atoms with Gasteiger partial charge in [-0.15, -0.1) is 11.3 Å². The van der Waals surface area contributed by atoms with Crippen molar-refractivity contribution in [2.24, 2.45) is 5.73 Å². The van der Waals surface area contributed by atoms with Gasteiger partial charge >= 0.3 is 0 Å². The van der Waals surface area contributed by atoms with Crippen molar-refractivity contribution in [1.29, 1.82) is 0 Å². The second-order valence-electron chi connectivity index (χ2n) is 4.48. The molecule has 2 heterocycles. The summed E-state index contributed by atoms with van der Waals surface area (Å²) in [7, 11) is 0. The lowest BCUT2D eigenvalue weighted by Gasteiger charge is -2.26. The number of halogens is 1. The summed E-state index contributed by atoms with van der Waals surface area (Å²) in [5.41, 5.74) is 6.11. The Balaban J connectivity index is 1.97. The second kappa shape index (κ2) is 3.82. The molecule has 2 aliphatic rings. The van der Waals surface area contributed by atoms with Crippen LogP contribution in [0.5, 0.6) is 0 Å². The molecule has 1 aliphatic carbocycles. The molecule has 16 heavy (non-hydrogen) atoms. The quantitative estimate of drug-likeness (QED) is 0.911. The van der Waals surface area contributed by atoms with E-state index in [2.05, 4.69) is 15.9 Å². The monoisotopic (exact) mass is 300 g/mol. The molecule has 1 amide bonds. The first kappa shape index (κ1) is 10.7. The van der Waals surface area contributed by atoms with Crippen LogP contribution in [0.15, 0.2) is 15.9 Å². The summed E-state index contributed by atoms with van der Waals surface area (Å²) in [6, 6.07) is 2.51. The molecule has 0 bridgehead atoms. The molecule has 3 nitrogen and oxygen atoms in total. The SMILES string of the molecule is NC1CC(=O)N(C2CC2)C1c1sccc1Br. The molecule has 0 aromatic carbocycles. The van der Waals surface area contributed by atoms with Gasteiger partial charge in [0.1, 0.15) is 0 Å². The third-order valence-corrected chi connectivity index (χ3v) is 5.20. The van der Waals surface area contributed by atoms with Crippen molar-refractivity contribution >= 4 is 33.2 Å². The van der Waals surface area contributed by atoms with Crippen molar-refractivity contribution in [2.75, 3.05) is 0 Å². The predicted octanol–water partition coefficient (Wildman–Crippen LogP) is 2.27. The van der Waals surface area contributed by atoms with Crippen LogP contribution < -0.4 is 5.73 Å². The maximum absolute atomic E-state index is 11.9. The van der Waals surface area contributed by atoms with Gasteiger partial charge in [-0.25, -0.2) is 0 Å². The number of hydrogen-bond acceptors (Lipinski definition) is 3. The lowest BCUT2D eigenvalue weighted by molar-refractivity contribution is -0.129. The highest BCUT2D eigenvalue weighted by Gasteiger charge is 2.46. The predicted molar refractivity (Wildman–Crippen MR) is 67.2 cm³/mol. The molecular formula is C11H13BrN2OS. The first-order valence-electron chi connectivity index (χ1n) is 5.48. The smallest absolute Gasteiger partial charge is 0.225 e. The standard InChI is InChI=1S/C11H13BrN2OS/c12-7-3-4-16-11(7)10-8(13)5-9(15)14(10)6-1-2-6/h3-4,6,8,10H,1-2,5,13H2. The number of carbonyl (C=O) groups excluding carboxylic acids is 1. The molecule has 2 atom stereocenters. The van der Waals surface area contributed by atoms with Gasteiger partial charge < -0.3 is 10.6 Å². The van der Waals surface area contributed by atoms with Crippen LogP contribution in [-0.4, -0.2) is 22.9 Å². The van der Waals surface area contributed by atoms with E-state index in [9.17, 15) is 4.79 Å². The summed E-state index contributed by atoms with van der Waals surface area (Å²) in [4.78, 5) is 15.1. The molecule has 2 fully saturated rings. The van der Waals surface area contributed by atoms with E-state index < -0.39 is 0 Å². The number of carbonyl (C=O) groups is 1. The van der Waals surface area contributed by atoms with Gasteiger partial charge in [0.05, 0.1) is 6.04 Å². The summed E-state index contributed by atoms with van der Waals surface area (Å²) in [5, 5.41) is 2.04. The van der Waals surface area contributed by atoms with Gasteiger partial charge in [-0.2, -0.15) is 0 Å². The normalized spacial score (nSPS) is 30.1. The fourth-order valence-corrected chi connectivity index (χ4v) is 4.18. The average Bonchev–Trinajstić information content (AvgIpc) is 2.91. The molecule has 3 rings (SSSR count). The van der Waals surface area contributed by atoms with Crippen LogP contribution >= 0.6 is 27.3 Å². The van der Waals surface area contributed by atoms with Crippen molar-refractivity contribution in [2.45, 2.75) is 37.4 Å². The van der Waals surface area contributed by atoms with Crippen LogP contribution in [0.25, 0.3) is 0 Å². The largest absolute Gasteiger partial charge is 0.330 e. The Hall–Kier alpha value is -0.390. The zero-order valence-electron chi connectivity index (χ0n) is 8.73. The Morgan fingerprint density at radius 3 is 2.81 bits per heavy atom. The van der Waals surface area contributed by atoms with Gasteiger partial charge in [-0.05, 0) is 40.2 Å². The van der Waals surface area contributed by atoms with Crippen LogP contribution in [0.2, 0.25) is 0 Å². The van der Waals surface area contributed by atoms with E-state index >= 15 is 0 Å².